The van der Waals surface area contributed by atoms with Gasteiger partial charge >= 0.3 is 5.97 Å². The summed E-state index contributed by atoms with van der Waals surface area (Å²) in [6, 6.07) is 0. The Bertz CT molecular complexity index is 207. The van der Waals surface area contributed by atoms with Crippen LogP contribution in [0.4, 0.5) is 0 Å². The number of nitrogens with one attached hydrogen (secondary N) is 1. The molecule has 0 aliphatic rings. The van der Waals surface area contributed by atoms with E-state index in [1.54, 1.807) is 13.0 Å². The van der Waals surface area contributed by atoms with Gasteiger partial charge in [-0.1, -0.05) is 13.0 Å². The molecule has 5 nitrogen and oxygen atoms in total. The minimum Gasteiger partial charge on any atom is -0.480 e. The second-order valence-electron chi connectivity index (χ2n) is 3.32. The van der Waals surface area contributed by atoms with Gasteiger partial charge in [0.25, 0.3) is 0 Å². The molecule has 2 atom stereocenters. The third-order valence-corrected chi connectivity index (χ3v) is 2.08. The fraction of sp³-hybridized carbons (Fsp3) is 0.700. The lowest BCUT2D eigenvalue weighted by Crippen LogP contribution is -2.51. The van der Waals surface area contributed by atoms with Crippen molar-refractivity contribution in [1.82, 2.24) is 10.2 Å². The minimum atomic E-state index is -0.949. The Morgan fingerprint density at radius 2 is 2.27 bits per heavy atom. The van der Waals surface area contributed by atoms with E-state index >= 15 is 0 Å². The monoisotopic (exact) mass is 216 g/mol. The number of nitrogens with zero attached hydrogens (tertiary/aromatic N) is 1. The molecule has 0 spiro atoms. The van der Waals surface area contributed by atoms with Gasteiger partial charge in [-0.05, 0) is 13.3 Å². The van der Waals surface area contributed by atoms with Gasteiger partial charge in [0.05, 0.1) is 6.17 Å². The normalized spacial score (nSPS) is 14.9. The van der Waals surface area contributed by atoms with Gasteiger partial charge in [-0.15, -0.1) is 6.58 Å². The molecule has 0 aliphatic heterocycles. The van der Waals surface area contributed by atoms with Crippen LogP contribution in [0, 0.1) is 0 Å². The van der Waals surface area contributed by atoms with E-state index in [2.05, 4.69) is 11.9 Å². The van der Waals surface area contributed by atoms with Gasteiger partial charge in [-0.3, -0.25) is 15.0 Å². The quantitative estimate of drug-likeness (QED) is 0.400. The summed E-state index contributed by atoms with van der Waals surface area (Å²) in [7, 11) is 0. The molecule has 0 aromatic heterocycles. The van der Waals surface area contributed by atoms with Crippen molar-refractivity contribution in [3.05, 3.63) is 12.7 Å². The van der Waals surface area contributed by atoms with Crippen LogP contribution in [0.25, 0.3) is 0 Å². The van der Waals surface area contributed by atoms with Gasteiger partial charge in [-0.2, -0.15) is 0 Å². The summed E-state index contributed by atoms with van der Waals surface area (Å²) >= 11 is 0. The van der Waals surface area contributed by atoms with Crippen molar-refractivity contribution in [1.29, 1.82) is 0 Å². The average molecular weight is 216 g/mol. The third-order valence-electron chi connectivity index (χ3n) is 2.08. The number of hydrogen-bond donors (Lipinski definition) is 3. The Balaban J connectivity index is 4.39. The largest absolute Gasteiger partial charge is 0.480 e. The molecule has 5 heteroatoms. The van der Waals surface area contributed by atoms with Crippen LogP contribution in [0.1, 0.15) is 20.3 Å². The van der Waals surface area contributed by atoms with Crippen molar-refractivity contribution in [2.24, 2.45) is 0 Å². The summed E-state index contributed by atoms with van der Waals surface area (Å²) in [5, 5.41) is 21.3. The van der Waals surface area contributed by atoms with Gasteiger partial charge < -0.3 is 10.2 Å². The zero-order chi connectivity index (χ0) is 11.8. The second kappa shape index (κ2) is 7.39. The molecule has 88 valence electrons. The van der Waals surface area contributed by atoms with E-state index in [0.29, 0.717) is 13.0 Å². The lowest BCUT2D eigenvalue weighted by atomic mass is 10.3. The first-order chi connectivity index (χ1) is 7.02. The fourth-order valence-corrected chi connectivity index (χ4v) is 1.37. The molecule has 0 bridgehead atoms. The third kappa shape index (κ3) is 5.51. The number of aliphatic hydroxyl groups excluding tert-OH is 1. The molecule has 0 amide bonds. The molecular weight excluding hydrogens is 196 g/mol. The summed E-state index contributed by atoms with van der Waals surface area (Å²) in [4.78, 5) is 12.1. The van der Waals surface area contributed by atoms with Crippen molar-refractivity contribution >= 4 is 5.97 Å². The molecule has 0 aliphatic carbocycles. The first-order valence-corrected chi connectivity index (χ1v) is 5.02. The molecule has 0 aromatic carbocycles. The molecule has 0 radical (unpaired) electrons. The number of carbonyl (C=O) groups is 1. The van der Waals surface area contributed by atoms with Crippen molar-refractivity contribution < 1.29 is 15.0 Å². The van der Waals surface area contributed by atoms with E-state index in [0.717, 1.165) is 0 Å². The maximum atomic E-state index is 10.6. The Labute approximate surface area is 90.4 Å². The summed E-state index contributed by atoms with van der Waals surface area (Å²) in [6.45, 7) is 7.46. The lowest BCUT2D eigenvalue weighted by molar-refractivity contribution is -0.143. The molecule has 15 heavy (non-hydrogen) atoms. The molecule has 0 rings (SSSR count). The maximum Gasteiger partial charge on any atom is 0.317 e. The highest BCUT2D eigenvalue weighted by atomic mass is 16.4. The van der Waals surface area contributed by atoms with Gasteiger partial charge in [-0.25, -0.2) is 0 Å². The number of hydrogen-bond acceptors (Lipinski definition) is 4. The molecule has 0 heterocycles. The fourth-order valence-electron chi connectivity index (χ4n) is 1.37. The highest BCUT2D eigenvalue weighted by Gasteiger charge is 2.22. The van der Waals surface area contributed by atoms with Crippen LogP contribution in [0.15, 0.2) is 12.7 Å². The van der Waals surface area contributed by atoms with E-state index in [4.69, 9.17) is 5.11 Å². The van der Waals surface area contributed by atoms with E-state index in [9.17, 15) is 9.90 Å². The van der Waals surface area contributed by atoms with Crippen LogP contribution in [0.5, 0.6) is 0 Å². The Hall–Kier alpha value is -0.910. The van der Waals surface area contributed by atoms with Gasteiger partial charge in [0, 0.05) is 6.54 Å². The number of aliphatic carboxylic acids is 1. The molecule has 0 aromatic rings. The zero-order valence-electron chi connectivity index (χ0n) is 9.31. The van der Waals surface area contributed by atoms with Crippen LogP contribution in [-0.4, -0.2) is 46.6 Å². The Morgan fingerprint density at radius 3 is 2.60 bits per heavy atom. The van der Waals surface area contributed by atoms with Crippen molar-refractivity contribution in [3.8, 4) is 0 Å². The smallest absolute Gasteiger partial charge is 0.317 e. The van der Waals surface area contributed by atoms with Crippen LogP contribution in [0.3, 0.4) is 0 Å². The summed E-state index contributed by atoms with van der Waals surface area (Å²) in [5.41, 5.74) is 0. The second-order valence-corrected chi connectivity index (χ2v) is 3.32. The topological polar surface area (TPSA) is 72.8 Å². The van der Waals surface area contributed by atoms with Gasteiger partial charge in [0.15, 0.2) is 0 Å². The van der Waals surface area contributed by atoms with Crippen molar-refractivity contribution in [2.45, 2.75) is 32.7 Å². The van der Waals surface area contributed by atoms with Crippen LogP contribution in [-0.2, 0) is 4.79 Å². The number of aliphatic hydroxyl groups is 1. The SMILES string of the molecule is C=CCNC(CC)N(CC(=O)O)C(C)O. The van der Waals surface area contributed by atoms with Gasteiger partial charge in [0.1, 0.15) is 12.8 Å². The summed E-state index contributed by atoms with van der Waals surface area (Å²) in [5.74, 6) is -0.949. The molecular formula is C10H20N2O3. The molecule has 2 unspecified atom stereocenters. The predicted octanol–water partition coefficient (Wildman–Crippen LogP) is 0.223. The summed E-state index contributed by atoms with van der Waals surface area (Å²) in [6.07, 6.45) is 1.47. The lowest BCUT2D eigenvalue weighted by Gasteiger charge is -2.32. The number of rotatable bonds is 8. The highest BCUT2D eigenvalue weighted by Crippen LogP contribution is 2.04. The molecule has 0 saturated heterocycles. The first kappa shape index (κ1) is 14.1. The minimum absolute atomic E-state index is 0.154. The first-order valence-electron chi connectivity index (χ1n) is 5.02. The molecule has 0 saturated carbocycles. The van der Waals surface area contributed by atoms with E-state index in [1.165, 1.54) is 4.90 Å². The summed E-state index contributed by atoms with van der Waals surface area (Å²) < 4.78 is 0. The predicted molar refractivity (Wildman–Crippen MR) is 58.3 cm³/mol. The zero-order valence-corrected chi connectivity index (χ0v) is 9.31. The molecule has 0 fully saturated rings. The number of carboxylic acid groups (broad SMARTS) is 1. The maximum absolute atomic E-state index is 10.6. The Morgan fingerprint density at radius 1 is 1.67 bits per heavy atom. The van der Waals surface area contributed by atoms with Crippen molar-refractivity contribution in [3.63, 3.8) is 0 Å². The van der Waals surface area contributed by atoms with E-state index in [1.807, 2.05) is 6.92 Å². The average Bonchev–Trinajstić information content (AvgIpc) is 2.16. The van der Waals surface area contributed by atoms with Crippen LogP contribution >= 0.6 is 0 Å². The van der Waals surface area contributed by atoms with E-state index in [-0.39, 0.29) is 12.7 Å². The van der Waals surface area contributed by atoms with E-state index < -0.39 is 12.2 Å². The molecule has 3 N–H and O–H groups in total. The Kier molecular flexibility index (Phi) is 6.94. The highest BCUT2D eigenvalue weighted by molar-refractivity contribution is 5.69. The van der Waals surface area contributed by atoms with Crippen LogP contribution in [0.2, 0.25) is 0 Å². The standard InChI is InChI=1S/C10H20N2O3/c1-4-6-11-9(5-2)12(8(3)13)7-10(14)15/h4,8-9,11,13H,1,5-7H2,2-3H3,(H,14,15). The van der Waals surface area contributed by atoms with Crippen LogP contribution < -0.4 is 5.32 Å². The number of carboxylic acids is 1. The van der Waals surface area contributed by atoms with Crippen molar-refractivity contribution in [2.75, 3.05) is 13.1 Å². The van der Waals surface area contributed by atoms with Gasteiger partial charge in [0.2, 0.25) is 0 Å².